The fourth-order valence-corrected chi connectivity index (χ4v) is 3.98. The van der Waals surface area contributed by atoms with Gasteiger partial charge < -0.3 is 29.4 Å². The van der Waals surface area contributed by atoms with E-state index in [2.05, 4.69) is 24.1 Å². The molecule has 3 rings (SSSR count). The maximum Gasteiger partial charge on any atom is 0.331 e. The highest BCUT2D eigenvalue weighted by Gasteiger charge is 2.36. The van der Waals surface area contributed by atoms with Crippen LogP contribution in [0.25, 0.3) is 0 Å². The number of rotatable bonds is 8. The van der Waals surface area contributed by atoms with Gasteiger partial charge in [-0.2, -0.15) is 0 Å². The minimum Gasteiger partial charge on any atom is -0.503 e. The lowest BCUT2D eigenvalue weighted by Gasteiger charge is -2.31. The van der Waals surface area contributed by atoms with Crippen LogP contribution in [-0.4, -0.2) is 67.1 Å². The second-order valence-corrected chi connectivity index (χ2v) is 9.06. The molecule has 9 heteroatoms. The van der Waals surface area contributed by atoms with Gasteiger partial charge in [-0.05, 0) is 24.8 Å². The Labute approximate surface area is 205 Å². The number of nitrogens with one attached hydrogen (secondary N) is 1. The molecule has 4 atom stereocenters. The maximum atomic E-state index is 13.0. The van der Waals surface area contributed by atoms with Crippen molar-refractivity contribution in [2.75, 3.05) is 26.9 Å². The third-order valence-electron chi connectivity index (χ3n) is 5.72. The highest BCUT2D eigenvalue weighted by molar-refractivity contribution is 5.98. The Hall–Kier alpha value is -3.17. The summed E-state index contributed by atoms with van der Waals surface area (Å²) in [6.07, 6.45) is 1.06. The average Bonchev–Trinajstić information content (AvgIpc) is 2.87. The van der Waals surface area contributed by atoms with Crippen LogP contribution in [0.2, 0.25) is 0 Å². The molecule has 1 amide bonds. The largest absolute Gasteiger partial charge is 0.503 e. The molecule has 1 saturated heterocycles. The van der Waals surface area contributed by atoms with Crippen molar-refractivity contribution in [3.63, 3.8) is 0 Å². The lowest BCUT2D eigenvalue weighted by atomic mass is 9.91. The lowest BCUT2D eigenvalue weighted by molar-refractivity contribution is -0.160. The number of aromatic hydroxyl groups is 1. The number of benzene rings is 1. The third kappa shape index (κ3) is 7.16. The number of carbonyl (C=O) groups is 2. The van der Waals surface area contributed by atoms with Gasteiger partial charge in [-0.1, -0.05) is 44.2 Å². The number of hydrogen-bond acceptors (Lipinski definition) is 8. The molecule has 190 valence electrons. The van der Waals surface area contributed by atoms with Crippen molar-refractivity contribution < 1.29 is 33.6 Å². The number of esters is 1. The van der Waals surface area contributed by atoms with Gasteiger partial charge >= 0.3 is 5.97 Å². The number of amides is 1. The van der Waals surface area contributed by atoms with E-state index in [1.54, 1.807) is 6.92 Å². The molecule has 9 nitrogen and oxygen atoms in total. The zero-order valence-electron chi connectivity index (χ0n) is 20.6. The smallest absolute Gasteiger partial charge is 0.331 e. The molecule has 2 aromatic rings. The number of methoxy groups -OCH3 is 1. The van der Waals surface area contributed by atoms with E-state index in [0.717, 1.165) is 5.56 Å². The Morgan fingerprint density at radius 2 is 1.97 bits per heavy atom. The summed E-state index contributed by atoms with van der Waals surface area (Å²) in [6.45, 7) is 6.64. The van der Waals surface area contributed by atoms with Gasteiger partial charge in [-0.15, -0.1) is 0 Å². The molecule has 4 unspecified atom stereocenters. The van der Waals surface area contributed by atoms with Crippen molar-refractivity contribution in [1.82, 2.24) is 10.3 Å². The van der Waals surface area contributed by atoms with E-state index in [-0.39, 0.29) is 30.1 Å². The zero-order valence-corrected chi connectivity index (χ0v) is 20.6. The molecule has 35 heavy (non-hydrogen) atoms. The van der Waals surface area contributed by atoms with E-state index in [1.165, 1.54) is 19.4 Å². The van der Waals surface area contributed by atoms with E-state index >= 15 is 0 Å². The van der Waals surface area contributed by atoms with Gasteiger partial charge in [-0.25, -0.2) is 9.78 Å². The number of pyridine rings is 1. The minimum atomic E-state index is -1.08. The molecule has 2 heterocycles. The highest BCUT2D eigenvalue weighted by atomic mass is 16.6. The summed E-state index contributed by atoms with van der Waals surface area (Å²) in [7, 11) is 1.37. The lowest BCUT2D eigenvalue weighted by Crippen LogP contribution is -2.46. The Morgan fingerprint density at radius 3 is 2.66 bits per heavy atom. The molecule has 1 aliphatic heterocycles. The van der Waals surface area contributed by atoms with Crippen LogP contribution in [-0.2, 0) is 25.4 Å². The molecule has 1 aliphatic rings. The van der Waals surface area contributed by atoms with Crippen LogP contribution < -0.4 is 10.1 Å². The zero-order chi connectivity index (χ0) is 25.4. The molecule has 0 bridgehead atoms. The van der Waals surface area contributed by atoms with Crippen LogP contribution in [0.5, 0.6) is 11.5 Å². The number of carbonyl (C=O) groups excluding carboxylic acids is 2. The molecule has 0 radical (unpaired) electrons. The molecule has 2 N–H and O–H groups in total. The number of ether oxygens (including phenoxy) is 4. The Morgan fingerprint density at radius 1 is 1.23 bits per heavy atom. The fraction of sp³-hybridized carbons (Fsp3) is 0.500. The first-order chi connectivity index (χ1) is 16.8. The number of hydrogen-bond donors (Lipinski definition) is 2. The van der Waals surface area contributed by atoms with Gasteiger partial charge in [-0.3, -0.25) is 4.79 Å². The third-order valence-corrected chi connectivity index (χ3v) is 5.72. The number of aromatic nitrogens is 1. The fourth-order valence-electron chi connectivity index (χ4n) is 3.98. The van der Waals surface area contributed by atoms with Crippen LogP contribution in [0.1, 0.15) is 36.8 Å². The van der Waals surface area contributed by atoms with Crippen LogP contribution >= 0.6 is 0 Å². The van der Waals surface area contributed by atoms with Crippen molar-refractivity contribution in [1.29, 1.82) is 0 Å². The average molecular weight is 487 g/mol. The van der Waals surface area contributed by atoms with E-state index in [0.29, 0.717) is 25.6 Å². The van der Waals surface area contributed by atoms with Gasteiger partial charge in [0.2, 0.25) is 0 Å². The first kappa shape index (κ1) is 26.4. The molecule has 1 aromatic carbocycles. The topological polar surface area (TPSA) is 116 Å². The quantitative estimate of drug-likeness (QED) is 0.547. The van der Waals surface area contributed by atoms with E-state index in [4.69, 9.17) is 18.9 Å². The van der Waals surface area contributed by atoms with Crippen molar-refractivity contribution in [2.45, 2.75) is 45.4 Å². The molecule has 0 aliphatic carbocycles. The monoisotopic (exact) mass is 486 g/mol. The first-order valence-electron chi connectivity index (χ1n) is 11.8. The van der Waals surface area contributed by atoms with E-state index in [9.17, 15) is 14.7 Å². The van der Waals surface area contributed by atoms with E-state index in [1.807, 2.05) is 30.3 Å². The first-order valence-corrected chi connectivity index (χ1v) is 11.8. The van der Waals surface area contributed by atoms with Crippen molar-refractivity contribution >= 4 is 11.9 Å². The Balaban J connectivity index is 1.77. The van der Waals surface area contributed by atoms with Crippen LogP contribution in [0.3, 0.4) is 0 Å². The predicted octanol–water partition coefficient (Wildman–Crippen LogP) is 2.76. The van der Waals surface area contributed by atoms with Gasteiger partial charge in [0, 0.05) is 24.8 Å². The molecular formula is C26H34N2O7. The van der Waals surface area contributed by atoms with Crippen molar-refractivity contribution in [3.05, 3.63) is 53.9 Å². The maximum absolute atomic E-state index is 13.0. The van der Waals surface area contributed by atoms with Gasteiger partial charge in [0.15, 0.2) is 23.2 Å². The number of nitrogens with zero attached hydrogens (tertiary/aromatic N) is 1. The predicted molar refractivity (Wildman–Crippen MR) is 128 cm³/mol. The summed E-state index contributed by atoms with van der Waals surface area (Å²) in [6, 6.07) is 10.3. The van der Waals surface area contributed by atoms with Crippen molar-refractivity contribution in [2.24, 2.45) is 11.8 Å². The van der Waals surface area contributed by atoms with Crippen LogP contribution in [0.15, 0.2) is 42.6 Å². The molecule has 0 saturated carbocycles. The SMILES string of the molecule is COc1ccnc(C(=O)NC2COCC(Cc3ccccc3)C(OCC(C)C)C(C)OC2=O)c1O. The molecule has 1 aromatic heterocycles. The molecule has 1 fully saturated rings. The summed E-state index contributed by atoms with van der Waals surface area (Å²) in [4.78, 5) is 29.7. The van der Waals surface area contributed by atoms with Gasteiger partial charge in [0.05, 0.1) is 26.4 Å². The summed E-state index contributed by atoms with van der Waals surface area (Å²) in [5, 5.41) is 12.8. The Kier molecular flexibility index (Phi) is 9.45. The summed E-state index contributed by atoms with van der Waals surface area (Å²) >= 11 is 0. The normalized spacial score (nSPS) is 23.1. The minimum absolute atomic E-state index is 0.0718. The number of cyclic esters (lactones) is 1. The van der Waals surface area contributed by atoms with Gasteiger partial charge in [0.25, 0.3) is 5.91 Å². The summed E-state index contributed by atoms with van der Waals surface area (Å²) < 4.78 is 22.9. The molecular weight excluding hydrogens is 452 g/mol. The summed E-state index contributed by atoms with van der Waals surface area (Å²) in [5.74, 6) is -1.47. The Bertz CT molecular complexity index is 983. The summed E-state index contributed by atoms with van der Waals surface area (Å²) in [5.41, 5.74) is 0.867. The second-order valence-electron chi connectivity index (χ2n) is 9.06. The highest BCUT2D eigenvalue weighted by Crippen LogP contribution is 2.28. The van der Waals surface area contributed by atoms with Crippen LogP contribution in [0.4, 0.5) is 0 Å². The molecule has 0 spiro atoms. The van der Waals surface area contributed by atoms with Crippen molar-refractivity contribution in [3.8, 4) is 11.5 Å². The second kappa shape index (κ2) is 12.5. The van der Waals surface area contributed by atoms with E-state index < -0.39 is 29.8 Å². The van der Waals surface area contributed by atoms with Crippen LogP contribution in [0, 0.1) is 11.8 Å². The standard InChI is InChI=1S/C26H34N2O7/c1-16(2)13-34-24-17(3)35-26(31)20(15-33-14-19(24)12-18-8-6-5-7-9-18)28-25(30)22-23(29)21(32-4)10-11-27-22/h5-11,16-17,19-20,24,29H,12-15H2,1-4H3,(H,28,30). The van der Waals surface area contributed by atoms with Gasteiger partial charge in [0.1, 0.15) is 6.10 Å².